The minimum Gasteiger partial charge on any atom is -0.341 e. The van der Waals surface area contributed by atoms with Crippen LogP contribution in [0.4, 0.5) is 11.4 Å². The molecular weight excluding hydrogens is 368 g/mol. The number of benzene rings is 1. The van der Waals surface area contributed by atoms with Crippen molar-refractivity contribution in [2.24, 2.45) is 5.92 Å². The lowest BCUT2D eigenvalue weighted by atomic mass is 10.1. The fourth-order valence-corrected chi connectivity index (χ4v) is 4.65. The van der Waals surface area contributed by atoms with Crippen LogP contribution in [0.5, 0.6) is 0 Å². The van der Waals surface area contributed by atoms with Gasteiger partial charge in [0.05, 0.1) is 5.92 Å². The highest BCUT2D eigenvalue weighted by molar-refractivity contribution is 6.01. The predicted octanol–water partition coefficient (Wildman–Crippen LogP) is 1.50. The molecule has 29 heavy (non-hydrogen) atoms. The van der Waals surface area contributed by atoms with Gasteiger partial charge in [-0.2, -0.15) is 0 Å². The summed E-state index contributed by atoms with van der Waals surface area (Å²) >= 11 is 0. The number of hydrogen-bond acceptors (Lipinski definition) is 4. The third-order valence-corrected chi connectivity index (χ3v) is 6.38. The van der Waals surface area contributed by atoms with Crippen LogP contribution in [0.2, 0.25) is 0 Å². The Labute approximate surface area is 172 Å². The van der Waals surface area contributed by atoms with E-state index in [9.17, 15) is 14.4 Å². The second-order valence-corrected chi connectivity index (χ2v) is 8.35. The first-order chi connectivity index (χ1) is 14.0. The first-order valence-electron chi connectivity index (χ1n) is 10.7. The van der Waals surface area contributed by atoms with Crippen LogP contribution in [0.15, 0.2) is 18.2 Å². The average Bonchev–Trinajstić information content (AvgIpc) is 3.25. The second-order valence-electron chi connectivity index (χ2n) is 8.35. The van der Waals surface area contributed by atoms with E-state index >= 15 is 0 Å². The zero-order valence-corrected chi connectivity index (χ0v) is 17.4. The molecule has 1 aromatic carbocycles. The lowest BCUT2D eigenvalue weighted by molar-refractivity contribution is -0.135. The number of fused-ring (bicyclic) bond motifs is 1. The standard InChI is InChI=1S/C22H30N4O3/c1-3-20(27)25-10-7-16-13-18(5-6-19(16)25)26-15-17(14-21(26)28)22(29)24-9-4-8-23(2)11-12-24/h5-6,13,17H,3-4,7-12,14-15H2,1-2H3/t17-/m1/s1. The Morgan fingerprint density at radius 1 is 1.10 bits per heavy atom. The number of carbonyl (C=O) groups excluding carboxylic acids is 3. The van der Waals surface area contributed by atoms with Gasteiger partial charge in [-0.15, -0.1) is 0 Å². The fourth-order valence-electron chi connectivity index (χ4n) is 4.65. The van der Waals surface area contributed by atoms with Crippen molar-refractivity contribution in [3.05, 3.63) is 23.8 Å². The smallest absolute Gasteiger partial charge is 0.228 e. The van der Waals surface area contributed by atoms with Crippen molar-refractivity contribution in [2.45, 2.75) is 32.6 Å². The molecule has 0 saturated carbocycles. The van der Waals surface area contributed by atoms with Crippen molar-refractivity contribution in [2.75, 3.05) is 56.1 Å². The Balaban J connectivity index is 1.46. The molecule has 7 nitrogen and oxygen atoms in total. The van der Waals surface area contributed by atoms with Crippen LogP contribution < -0.4 is 9.80 Å². The van der Waals surface area contributed by atoms with Crippen molar-refractivity contribution < 1.29 is 14.4 Å². The quantitative estimate of drug-likeness (QED) is 0.774. The maximum atomic E-state index is 13.0. The molecule has 0 bridgehead atoms. The van der Waals surface area contributed by atoms with E-state index in [1.54, 1.807) is 4.90 Å². The Morgan fingerprint density at radius 3 is 2.72 bits per heavy atom. The largest absolute Gasteiger partial charge is 0.341 e. The van der Waals surface area contributed by atoms with Crippen LogP contribution in [0.3, 0.4) is 0 Å². The van der Waals surface area contributed by atoms with Crippen LogP contribution in [-0.2, 0) is 20.8 Å². The number of nitrogens with zero attached hydrogens (tertiary/aromatic N) is 4. The van der Waals surface area contributed by atoms with Gasteiger partial charge >= 0.3 is 0 Å². The van der Waals surface area contributed by atoms with Crippen LogP contribution in [0.1, 0.15) is 31.7 Å². The Kier molecular flexibility index (Phi) is 5.58. The first-order valence-corrected chi connectivity index (χ1v) is 10.7. The molecule has 0 N–H and O–H groups in total. The van der Waals surface area contributed by atoms with Gasteiger partial charge in [-0.1, -0.05) is 6.92 Å². The molecule has 156 valence electrons. The van der Waals surface area contributed by atoms with Gasteiger partial charge in [0.1, 0.15) is 0 Å². The molecule has 1 atom stereocenters. The lowest BCUT2D eigenvalue weighted by Gasteiger charge is -2.24. The molecule has 3 aliphatic rings. The highest BCUT2D eigenvalue weighted by Crippen LogP contribution is 2.34. The van der Waals surface area contributed by atoms with E-state index in [0.29, 0.717) is 19.5 Å². The van der Waals surface area contributed by atoms with E-state index in [4.69, 9.17) is 0 Å². The molecule has 1 aromatic rings. The summed E-state index contributed by atoms with van der Waals surface area (Å²) < 4.78 is 0. The SMILES string of the molecule is CCC(=O)N1CCc2cc(N3C[C@H](C(=O)N4CCCN(C)CC4)CC3=O)ccc21. The molecular formula is C22H30N4O3. The summed E-state index contributed by atoms with van der Waals surface area (Å²) in [6, 6.07) is 5.87. The summed E-state index contributed by atoms with van der Waals surface area (Å²) in [7, 11) is 2.08. The van der Waals surface area contributed by atoms with Gasteiger partial charge in [0.15, 0.2) is 0 Å². The molecule has 0 aromatic heterocycles. The minimum absolute atomic E-state index is 0.00901. The molecule has 0 unspecified atom stereocenters. The topological polar surface area (TPSA) is 64.2 Å². The number of likely N-dealkylation sites (N-methyl/N-ethyl adjacent to an activating group) is 1. The summed E-state index contributed by atoms with van der Waals surface area (Å²) in [6.07, 6.45) is 2.55. The number of rotatable bonds is 3. The molecule has 0 aliphatic carbocycles. The van der Waals surface area contributed by atoms with Crippen molar-refractivity contribution in [3.8, 4) is 0 Å². The molecule has 7 heteroatoms. The molecule has 0 spiro atoms. The number of hydrogen-bond donors (Lipinski definition) is 0. The third kappa shape index (κ3) is 3.88. The maximum Gasteiger partial charge on any atom is 0.228 e. The highest BCUT2D eigenvalue weighted by Gasteiger charge is 2.38. The molecule has 0 radical (unpaired) electrons. The van der Waals surface area contributed by atoms with E-state index in [-0.39, 0.29) is 30.1 Å². The predicted molar refractivity (Wildman–Crippen MR) is 112 cm³/mol. The molecule has 3 aliphatic heterocycles. The minimum atomic E-state index is -0.266. The molecule has 2 saturated heterocycles. The normalized spacial score (nSPS) is 22.8. The van der Waals surface area contributed by atoms with Crippen LogP contribution >= 0.6 is 0 Å². The van der Waals surface area contributed by atoms with Gasteiger partial charge < -0.3 is 19.6 Å². The summed E-state index contributed by atoms with van der Waals surface area (Å²) in [5, 5.41) is 0. The van der Waals surface area contributed by atoms with Crippen LogP contribution in [-0.4, -0.2) is 73.8 Å². The Morgan fingerprint density at radius 2 is 1.93 bits per heavy atom. The molecule has 3 amide bonds. The third-order valence-electron chi connectivity index (χ3n) is 6.38. The van der Waals surface area contributed by atoms with E-state index in [1.165, 1.54) is 0 Å². The van der Waals surface area contributed by atoms with Crippen LogP contribution in [0.25, 0.3) is 0 Å². The number of amides is 3. The van der Waals surface area contributed by atoms with Gasteiger partial charge in [-0.3, -0.25) is 14.4 Å². The highest BCUT2D eigenvalue weighted by atomic mass is 16.2. The van der Waals surface area contributed by atoms with Gasteiger partial charge in [0, 0.05) is 56.9 Å². The van der Waals surface area contributed by atoms with Gasteiger partial charge in [0.25, 0.3) is 0 Å². The Bertz CT molecular complexity index is 824. The van der Waals surface area contributed by atoms with E-state index in [0.717, 1.165) is 56.0 Å². The summed E-state index contributed by atoms with van der Waals surface area (Å²) in [5.74, 6) is -0.0217. The monoisotopic (exact) mass is 398 g/mol. The average molecular weight is 399 g/mol. The first kappa shape index (κ1) is 19.9. The van der Waals surface area contributed by atoms with E-state index in [2.05, 4.69) is 11.9 Å². The van der Waals surface area contributed by atoms with E-state index in [1.807, 2.05) is 34.9 Å². The lowest BCUT2D eigenvalue weighted by Crippen LogP contribution is -2.39. The van der Waals surface area contributed by atoms with Gasteiger partial charge in [-0.05, 0) is 50.2 Å². The zero-order chi connectivity index (χ0) is 20.5. The van der Waals surface area contributed by atoms with Crippen molar-refractivity contribution in [3.63, 3.8) is 0 Å². The van der Waals surface area contributed by atoms with Crippen molar-refractivity contribution in [1.29, 1.82) is 0 Å². The number of carbonyl (C=O) groups is 3. The second kappa shape index (κ2) is 8.14. The summed E-state index contributed by atoms with van der Waals surface area (Å²) in [6.45, 7) is 6.41. The fraction of sp³-hybridized carbons (Fsp3) is 0.591. The van der Waals surface area contributed by atoms with Gasteiger partial charge in [-0.25, -0.2) is 0 Å². The summed E-state index contributed by atoms with van der Waals surface area (Å²) in [4.78, 5) is 45.6. The van der Waals surface area contributed by atoms with Crippen molar-refractivity contribution in [1.82, 2.24) is 9.80 Å². The maximum absolute atomic E-state index is 13.0. The molecule has 2 fully saturated rings. The molecule has 3 heterocycles. The van der Waals surface area contributed by atoms with Gasteiger partial charge in [0.2, 0.25) is 17.7 Å². The number of anilines is 2. The Hall–Kier alpha value is -2.41. The van der Waals surface area contributed by atoms with E-state index < -0.39 is 0 Å². The van der Waals surface area contributed by atoms with Crippen molar-refractivity contribution >= 4 is 29.1 Å². The molecule has 4 rings (SSSR count). The zero-order valence-electron chi connectivity index (χ0n) is 17.4. The summed E-state index contributed by atoms with van der Waals surface area (Å²) in [5.41, 5.74) is 2.89. The van der Waals surface area contributed by atoms with Crippen LogP contribution in [0, 0.1) is 5.92 Å².